The van der Waals surface area contributed by atoms with Gasteiger partial charge in [0.1, 0.15) is 16.7 Å². The second-order valence-electron chi connectivity index (χ2n) is 3.55. The number of nitrogens with zero attached hydrogens (tertiary/aromatic N) is 3. The molecule has 0 aliphatic rings. The zero-order valence-corrected chi connectivity index (χ0v) is 11.4. The number of nitrogens with one attached hydrogen (secondary N) is 1. The van der Waals surface area contributed by atoms with Gasteiger partial charge in [0.2, 0.25) is 0 Å². The van der Waals surface area contributed by atoms with Gasteiger partial charge in [0.25, 0.3) is 0 Å². The summed E-state index contributed by atoms with van der Waals surface area (Å²) in [6.45, 7) is 5.76. The summed E-state index contributed by atoms with van der Waals surface area (Å²) in [6.07, 6.45) is 0. The van der Waals surface area contributed by atoms with E-state index in [2.05, 4.69) is 20.4 Å². The third-order valence-electron chi connectivity index (χ3n) is 2.13. The van der Waals surface area contributed by atoms with Gasteiger partial charge in [-0.2, -0.15) is 0 Å². The van der Waals surface area contributed by atoms with Gasteiger partial charge in [-0.05, 0) is 32.5 Å². The van der Waals surface area contributed by atoms with Crippen molar-refractivity contribution in [2.75, 3.05) is 5.43 Å². The molecule has 0 amide bonds. The highest BCUT2D eigenvalue weighted by Gasteiger charge is 2.11. The first kappa shape index (κ1) is 12.3. The van der Waals surface area contributed by atoms with E-state index in [1.165, 1.54) is 11.8 Å². The fourth-order valence-electron chi connectivity index (χ4n) is 1.30. The van der Waals surface area contributed by atoms with Crippen LogP contribution in [0, 0.1) is 20.8 Å². The summed E-state index contributed by atoms with van der Waals surface area (Å²) in [5, 5.41) is 2.91. The van der Waals surface area contributed by atoms with Crippen molar-refractivity contribution >= 4 is 28.9 Å². The fourth-order valence-corrected chi connectivity index (χ4v) is 3.18. The highest BCUT2D eigenvalue weighted by Crippen LogP contribution is 2.32. The van der Waals surface area contributed by atoms with E-state index in [1.54, 1.807) is 11.3 Å². The van der Waals surface area contributed by atoms with E-state index in [0.717, 1.165) is 20.6 Å². The molecule has 0 fully saturated rings. The van der Waals surface area contributed by atoms with Crippen LogP contribution in [-0.4, -0.2) is 15.0 Å². The molecule has 0 spiro atoms. The minimum atomic E-state index is 0.660. The molecule has 0 aromatic carbocycles. The average molecular weight is 267 g/mol. The van der Waals surface area contributed by atoms with Gasteiger partial charge in [0.05, 0.1) is 0 Å². The number of hydrazine groups is 1. The van der Waals surface area contributed by atoms with Gasteiger partial charge in [-0.3, -0.25) is 0 Å². The Bertz CT molecular complexity index is 537. The van der Waals surface area contributed by atoms with Crippen LogP contribution < -0.4 is 11.3 Å². The van der Waals surface area contributed by atoms with Gasteiger partial charge >= 0.3 is 0 Å². The number of hydrogen-bond donors (Lipinski definition) is 2. The summed E-state index contributed by atoms with van der Waals surface area (Å²) in [5.74, 6) is 6.78. The summed E-state index contributed by atoms with van der Waals surface area (Å²) < 4.78 is 0.978. The molecule has 0 atom stereocenters. The maximum absolute atomic E-state index is 5.42. The SMILES string of the molecule is Cc1csc(Sc2nc(C)nc(NN)c2C)n1. The summed E-state index contributed by atoms with van der Waals surface area (Å²) in [7, 11) is 0. The van der Waals surface area contributed by atoms with E-state index in [1.807, 2.05) is 26.2 Å². The lowest BCUT2D eigenvalue weighted by Crippen LogP contribution is -2.12. The molecule has 0 aliphatic heterocycles. The fraction of sp³-hybridized carbons (Fsp3) is 0.300. The van der Waals surface area contributed by atoms with Crippen LogP contribution in [0.25, 0.3) is 0 Å². The topological polar surface area (TPSA) is 76.7 Å². The van der Waals surface area contributed by atoms with Gasteiger partial charge in [-0.1, -0.05) is 0 Å². The molecule has 7 heteroatoms. The van der Waals surface area contributed by atoms with Crippen molar-refractivity contribution in [1.29, 1.82) is 0 Å². The van der Waals surface area contributed by atoms with E-state index in [4.69, 9.17) is 5.84 Å². The highest BCUT2D eigenvalue weighted by atomic mass is 32.2. The van der Waals surface area contributed by atoms with Crippen LogP contribution in [0.1, 0.15) is 17.1 Å². The van der Waals surface area contributed by atoms with Crippen molar-refractivity contribution < 1.29 is 0 Å². The zero-order valence-electron chi connectivity index (χ0n) is 9.81. The van der Waals surface area contributed by atoms with Gasteiger partial charge in [-0.25, -0.2) is 20.8 Å². The Labute approximate surface area is 108 Å². The molecule has 0 saturated carbocycles. The predicted molar refractivity (Wildman–Crippen MR) is 70.3 cm³/mol. The van der Waals surface area contributed by atoms with Crippen LogP contribution in [0.2, 0.25) is 0 Å². The molecule has 3 N–H and O–H groups in total. The lowest BCUT2D eigenvalue weighted by atomic mass is 10.3. The zero-order chi connectivity index (χ0) is 12.4. The number of thiazole rings is 1. The Balaban J connectivity index is 2.35. The minimum Gasteiger partial charge on any atom is -0.308 e. The molecule has 0 bridgehead atoms. The van der Waals surface area contributed by atoms with Crippen molar-refractivity contribution in [3.8, 4) is 0 Å². The number of anilines is 1. The molecule has 0 radical (unpaired) electrons. The van der Waals surface area contributed by atoms with Crippen LogP contribution in [0.4, 0.5) is 5.82 Å². The van der Waals surface area contributed by atoms with Crippen molar-refractivity contribution in [3.05, 3.63) is 22.5 Å². The molecule has 90 valence electrons. The Morgan fingerprint density at radius 2 is 2.00 bits per heavy atom. The van der Waals surface area contributed by atoms with E-state index in [9.17, 15) is 0 Å². The van der Waals surface area contributed by atoms with Crippen LogP contribution in [0.15, 0.2) is 14.7 Å². The molecular weight excluding hydrogens is 254 g/mol. The average Bonchev–Trinajstić information content (AvgIpc) is 2.69. The Morgan fingerprint density at radius 3 is 2.59 bits per heavy atom. The standard InChI is InChI=1S/C10H13N5S2/c1-5-4-16-10(12-5)17-9-6(2)8(15-11)13-7(3)14-9/h4H,11H2,1-3H3,(H,13,14,15). The first-order valence-electron chi connectivity index (χ1n) is 5.02. The lowest BCUT2D eigenvalue weighted by molar-refractivity contribution is 0.934. The maximum Gasteiger partial charge on any atom is 0.156 e. The van der Waals surface area contributed by atoms with Crippen molar-refractivity contribution in [3.63, 3.8) is 0 Å². The summed E-state index contributed by atoms with van der Waals surface area (Å²) in [4.78, 5) is 13.0. The number of aryl methyl sites for hydroxylation is 2. The van der Waals surface area contributed by atoms with Crippen LogP contribution >= 0.6 is 23.1 Å². The molecule has 2 aromatic heterocycles. The largest absolute Gasteiger partial charge is 0.308 e. The van der Waals surface area contributed by atoms with E-state index < -0.39 is 0 Å². The molecule has 2 heterocycles. The lowest BCUT2D eigenvalue weighted by Gasteiger charge is -2.08. The number of nitrogen functional groups attached to an aromatic ring is 1. The van der Waals surface area contributed by atoms with Gasteiger partial charge in [0, 0.05) is 16.6 Å². The quantitative estimate of drug-likeness (QED) is 0.505. The molecule has 5 nitrogen and oxygen atoms in total. The van der Waals surface area contributed by atoms with Crippen molar-refractivity contribution in [1.82, 2.24) is 15.0 Å². The summed E-state index contributed by atoms with van der Waals surface area (Å²) >= 11 is 3.15. The van der Waals surface area contributed by atoms with E-state index in [-0.39, 0.29) is 0 Å². The van der Waals surface area contributed by atoms with Crippen LogP contribution in [0.5, 0.6) is 0 Å². The first-order valence-corrected chi connectivity index (χ1v) is 6.71. The third kappa shape index (κ3) is 2.74. The van der Waals surface area contributed by atoms with Crippen LogP contribution in [-0.2, 0) is 0 Å². The van der Waals surface area contributed by atoms with E-state index in [0.29, 0.717) is 11.6 Å². The van der Waals surface area contributed by atoms with Crippen molar-refractivity contribution in [2.45, 2.75) is 30.1 Å². The number of nitrogens with two attached hydrogens (primary N) is 1. The smallest absolute Gasteiger partial charge is 0.156 e. The molecule has 0 unspecified atom stereocenters. The number of hydrogen-bond acceptors (Lipinski definition) is 7. The molecule has 2 rings (SSSR count). The summed E-state index contributed by atoms with van der Waals surface area (Å²) in [5.41, 5.74) is 4.55. The highest BCUT2D eigenvalue weighted by molar-refractivity contribution is 8.01. The minimum absolute atomic E-state index is 0.660. The predicted octanol–water partition coefficient (Wildman–Crippen LogP) is 2.30. The monoisotopic (exact) mass is 267 g/mol. The molecule has 2 aromatic rings. The van der Waals surface area contributed by atoms with Crippen LogP contribution in [0.3, 0.4) is 0 Å². The van der Waals surface area contributed by atoms with Gasteiger partial charge in [-0.15, -0.1) is 11.3 Å². The Kier molecular flexibility index (Phi) is 3.60. The first-order chi connectivity index (χ1) is 8.10. The Hall–Kier alpha value is -1.18. The van der Waals surface area contributed by atoms with Gasteiger partial charge in [0.15, 0.2) is 4.34 Å². The molecular formula is C10H13N5S2. The molecule has 0 saturated heterocycles. The number of aromatic nitrogens is 3. The van der Waals surface area contributed by atoms with Crippen molar-refractivity contribution in [2.24, 2.45) is 5.84 Å². The molecule has 0 aliphatic carbocycles. The second-order valence-corrected chi connectivity index (χ2v) is 5.64. The Morgan fingerprint density at radius 1 is 1.24 bits per heavy atom. The summed E-state index contributed by atoms with van der Waals surface area (Å²) in [6, 6.07) is 0. The normalized spacial score (nSPS) is 10.6. The maximum atomic E-state index is 5.42. The third-order valence-corrected chi connectivity index (χ3v) is 4.28. The number of rotatable bonds is 3. The second kappa shape index (κ2) is 4.99. The van der Waals surface area contributed by atoms with Gasteiger partial charge < -0.3 is 5.43 Å². The molecule has 17 heavy (non-hydrogen) atoms. The van der Waals surface area contributed by atoms with E-state index >= 15 is 0 Å².